The summed E-state index contributed by atoms with van der Waals surface area (Å²) in [4.78, 5) is 0. The van der Waals surface area contributed by atoms with E-state index in [9.17, 15) is 0 Å². The number of benzene rings is 1. The van der Waals surface area contributed by atoms with Crippen molar-refractivity contribution < 1.29 is 4.74 Å². The van der Waals surface area contributed by atoms with E-state index in [1.54, 1.807) is 0 Å². The first-order valence-corrected chi connectivity index (χ1v) is 7.11. The highest BCUT2D eigenvalue weighted by Crippen LogP contribution is 2.39. The maximum atomic E-state index is 5.58. The zero-order valence-corrected chi connectivity index (χ0v) is 11.5. The molecule has 2 heteroatoms. The summed E-state index contributed by atoms with van der Waals surface area (Å²) in [5, 5.41) is 3.71. The van der Waals surface area contributed by atoms with Gasteiger partial charge in [-0.25, -0.2) is 0 Å². The average Bonchev–Trinajstić information content (AvgIpc) is 2.34. The third-order valence-corrected chi connectivity index (χ3v) is 4.78. The van der Waals surface area contributed by atoms with Crippen molar-refractivity contribution in [2.45, 2.75) is 44.6 Å². The summed E-state index contributed by atoms with van der Waals surface area (Å²) < 4.78 is 5.58. The minimum atomic E-state index is 0.235. The van der Waals surface area contributed by atoms with E-state index < -0.39 is 0 Å². The SMILES string of the molecule is Cc1ccc(C2(C3CCCCN3)COC2)cc1C. The summed E-state index contributed by atoms with van der Waals surface area (Å²) in [6.07, 6.45) is 3.96. The molecule has 0 bridgehead atoms. The van der Waals surface area contributed by atoms with Gasteiger partial charge in [0, 0.05) is 6.04 Å². The first kappa shape index (κ1) is 12.2. The van der Waals surface area contributed by atoms with Gasteiger partial charge >= 0.3 is 0 Å². The highest BCUT2D eigenvalue weighted by Gasteiger charge is 2.47. The fourth-order valence-corrected chi connectivity index (χ4v) is 3.27. The summed E-state index contributed by atoms with van der Waals surface area (Å²) in [6.45, 7) is 7.32. The molecule has 2 saturated heterocycles. The van der Waals surface area contributed by atoms with Gasteiger partial charge in [-0.3, -0.25) is 0 Å². The van der Waals surface area contributed by atoms with Gasteiger partial charge in [0.15, 0.2) is 0 Å². The van der Waals surface area contributed by atoms with Crippen LogP contribution >= 0.6 is 0 Å². The molecular weight excluding hydrogens is 222 g/mol. The van der Waals surface area contributed by atoms with Crippen LogP contribution in [0.2, 0.25) is 0 Å². The zero-order valence-electron chi connectivity index (χ0n) is 11.5. The third kappa shape index (κ3) is 1.88. The smallest absolute Gasteiger partial charge is 0.0600 e. The number of hydrogen-bond acceptors (Lipinski definition) is 2. The van der Waals surface area contributed by atoms with Gasteiger partial charge in [-0.05, 0) is 49.9 Å². The van der Waals surface area contributed by atoms with Gasteiger partial charge < -0.3 is 10.1 Å². The summed E-state index contributed by atoms with van der Waals surface area (Å²) in [7, 11) is 0. The molecule has 0 aromatic heterocycles. The molecule has 2 nitrogen and oxygen atoms in total. The van der Waals surface area contributed by atoms with Crippen LogP contribution in [0.3, 0.4) is 0 Å². The molecule has 1 aromatic carbocycles. The second-order valence-electron chi connectivity index (χ2n) is 5.95. The molecule has 1 atom stereocenters. The molecule has 0 radical (unpaired) electrons. The Morgan fingerprint density at radius 3 is 2.56 bits per heavy atom. The summed E-state index contributed by atoms with van der Waals surface area (Å²) >= 11 is 0. The van der Waals surface area contributed by atoms with Gasteiger partial charge in [0.2, 0.25) is 0 Å². The highest BCUT2D eigenvalue weighted by atomic mass is 16.5. The number of hydrogen-bond donors (Lipinski definition) is 1. The first-order valence-electron chi connectivity index (χ1n) is 7.11. The van der Waals surface area contributed by atoms with Crippen LogP contribution in [0.5, 0.6) is 0 Å². The Kier molecular flexibility index (Phi) is 3.16. The van der Waals surface area contributed by atoms with Crippen LogP contribution in [-0.2, 0) is 10.2 Å². The van der Waals surface area contributed by atoms with Gasteiger partial charge in [0.1, 0.15) is 0 Å². The van der Waals surface area contributed by atoms with Crippen LogP contribution in [0, 0.1) is 13.8 Å². The van der Waals surface area contributed by atoms with Crippen LogP contribution in [0.15, 0.2) is 18.2 Å². The van der Waals surface area contributed by atoms with E-state index in [1.807, 2.05) is 0 Å². The van der Waals surface area contributed by atoms with Crippen LogP contribution in [0.1, 0.15) is 36.0 Å². The topological polar surface area (TPSA) is 21.3 Å². The zero-order chi connectivity index (χ0) is 12.6. The van der Waals surface area contributed by atoms with Gasteiger partial charge in [0.25, 0.3) is 0 Å². The minimum absolute atomic E-state index is 0.235. The predicted molar refractivity (Wildman–Crippen MR) is 74.1 cm³/mol. The molecular formula is C16H23NO. The summed E-state index contributed by atoms with van der Waals surface area (Å²) in [5.74, 6) is 0. The Morgan fingerprint density at radius 1 is 1.17 bits per heavy atom. The monoisotopic (exact) mass is 245 g/mol. The molecule has 2 fully saturated rings. The number of ether oxygens (including phenoxy) is 1. The molecule has 2 aliphatic rings. The van der Waals surface area contributed by atoms with Crippen molar-refractivity contribution in [1.82, 2.24) is 5.32 Å². The summed E-state index contributed by atoms with van der Waals surface area (Å²) in [5.41, 5.74) is 4.48. The van der Waals surface area contributed by atoms with E-state index in [-0.39, 0.29) is 5.41 Å². The fraction of sp³-hybridized carbons (Fsp3) is 0.625. The van der Waals surface area contributed by atoms with Crippen molar-refractivity contribution >= 4 is 0 Å². The summed E-state index contributed by atoms with van der Waals surface area (Å²) in [6, 6.07) is 7.53. The maximum absolute atomic E-state index is 5.58. The number of rotatable bonds is 2. The van der Waals surface area contributed by atoms with Crippen LogP contribution in [0.25, 0.3) is 0 Å². The molecule has 3 rings (SSSR count). The lowest BCUT2D eigenvalue weighted by molar-refractivity contribution is -0.0827. The van der Waals surface area contributed by atoms with Crippen molar-refractivity contribution in [1.29, 1.82) is 0 Å². The second kappa shape index (κ2) is 4.67. The molecule has 0 spiro atoms. The Balaban J connectivity index is 1.92. The van der Waals surface area contributed by atoms with Crippen molar-refractivity contribution in [2.75, 3.05) is 19.8 Å². The van der Waals surface area contributed by atoms with Gasteiger partial charge in [-0.1, -0.05) is 24.6 Å². The molecule has 1 unspecified atom stereocenters. The van der Waals surface area contributed by atoms with Gasteiger partial charge in [-0.15, -0.1) is 0 Å². The molecule has 2 heterocycles. The van der Waals surface area contributed by atoms with E-state index in [4.69, 9.17) is 4.74 Å². The maximum Gasteiger partial charge on any atom is 0.0600 e. The Labute approximate surface area is 110 Å². The van der Waals surface area contributed by atoms with Crippen molar-refractivity contribution in [3.8, 4) is 0 Å². The molecule has 0 amide bonds. The third-order valence-electron chi connectivity index (χ3n) is 4.78. The molecule has 2 aliphatic heterocycles. The number of aryl methyl sites for hydroxylation is 2. The first-order chi connectivity index (χ1) is 8.72. The van der Waals surface area contributed by atoms with E-state index >= 15 is 0 Å². The Bertz CT molecular complexity index is 431. The Hall–Kier alpha value is -0.860. The quantitative estimate of drug-likeness (QED) is 0.865. The molecule has 98 valence electrons. The van der Waals surface area contributed by atoms with E-state index in [1.165, 1.54) is 36.0 Å². The van der Waals surface area contributed by atoms with Crippen molar-refractivity contribution in [3.63, 3.8) is 0 Å². The van der Waals surface area contributed by atoms with Crippen molar-refractivity contribution in [3.05, 3.63) is 34.9 Å². The highest BCUT2D eigenvalue weighted by molar-refractivity contribution is 5.37. The number of nitrogens with one attached hydrogen (secondary N) is 1. The van der Waals surface area contributed by atoms with Gasteiger partial charge in [0.05, 0.1) is 18.6 Å². The molecule has 0 aliphatic carbocycles. The average molecular weight is 245 g/mol. The minimum Gasteiger partial charge on any atom is -0.379 e. The van der Waals surface area contributed by atoms with Crippen LogP contribution in [0.4, 0.5) is 0 Å². The van der Waals surface area contributed by atoms with Crippen LogP contribution in [-0.4, -0.2) is 25.8 Å². The predicted octanol–water partition coefficient (Wildman–Crippen LogP) is 2.71. The standard InChI is InChI=1S/C16H23NO/c1-12-6-7-14(9-13(12)2)16(10-18-11-16)15-5-3-4-8-17-15/h6-7,9,15,17H,3-5,8,10-11H2,1-2H3. The van der Waals surface area contributed by atoms with E-state index in [0.717, 1.165) is 19.8 Å². The number of piperidine rings is 1. The Morgan fingerprint density at radius 2 is 2.00 bits per heavy atom. The fourth-order valence-electron chi connectivity index (χ4n) is 3.27. The second-order valence-corrected chi connectivity index (χ2v) is 5.95. The molecule has 1 N–H and O–H groups in total. The van der Waals surface area contributed by atoms with Crippen LogP contribution < -0.4 is 5.32 Å². The lowest BCUT2D eigenvalue weighted by atomic mass is 9.69. The van der Waals surface area contributed by atoms with Gasteiger partial charge in [-0.2, -0.15) is 0 Å². The molecule has 1 aromatic rings. The van der Waals surface area contributed by atoms with Crippen molar-refractivity contribution in [2.24, 2.45) is 0 Å². The molecule has 18 heavy (non-hydrogen) atoms. The lowest BCUT2D eigenvalue weighted by Crippen LogP contribution is -2.61. The largest absolute Gasteiger partial charge is 0.379 e. The lowest BCUT2D eigenvalue weighted by Gasteiger charge is -2.49. The van der Waals surface area contributed by atoms with E-state index in [0.29, 0.717) is 6.04 Å². The molecule has 0 saturated carbocycles. The van der Waals surface area contributed by atoms with E-state index in [2.05, 4.69) is 37.4 Å². The normalized spacial score (nSPS) is 26.7.